The molecular weight excluding hydrogens is 376 g/mol. The van der Waals surface area contributed by atoms with Crippen LogP contribution >= 0.6 is 15.9 Å². The predicted molar refractivity (Wildman–Crippen MR) is 91.6 cm³/mol. The van der Waals surface area contributed by atoms with Crippen molar-refractivity contribution < 1.29 is 18.7 Å². The number of ketones is 1. The zero-order valence-corrected chi connectivity index (χ0v) is 14.1. The van der Waals surface area contributed by atoms with Gasteiger partial charge in [-0.05, 0) is 49.4 Å². The van der Waals surface area contributed by atoms with E-state index >= 15 is 0 Å². The molecule has 6 heteroatoms. The van der Waals surface area contributed by atoms with Crippen molar-refractivity contribution in [1.82, 2.24) is 0 Å². The lowest BCUT2D eigenvalue weighted by molar-refractivity contribution is 0.0734. The summed E-state index contributed by atoms with van der Waals surface area (Å²) in [6, 6.07) is 12.8. The molecule has 0 atom stereocenters. The lowest BCUT2D eigenvalue weighted by Crippen LogP contribution is -2.11. The first kappa shape index (κ1) is 16.1. The maximum Gasteiger partial charge on any atom is 0.347 e. The van der Waals surface area contributed by atoms with Gasteiger partial charge in [0, 0.05) is 15.9 Å². The number of benzene rings is 2. The van der Waals surface area contributed by atoms with E-state index in [1.54, 1.807) is 36.4 Å². The van der Waals surface area contributed by atoms with Crippen LogP contribution in [0.2, 0.25) is 0 Å². The summed E-state index contributed by atoms with van der Waals surface area (Å²) in [6.45, 7) is 1.30. The van der Waals surface area contributed by atoms with Crippen LogP contribution in [0.3, 0.4) is 0 Å². The molecule has 24 heavy (non-hydrogen) atoms. The molecule has 120 valence electrons. The second kappa shape index (κ2) is 6.41. The van der Waals surface area contributed by atoms with E-state index < -0.39 is 11.6 Å². The Morgan fingerprint density at radius 1 is 1.04 bits per heavy atom. The zero-order valence-electron chi connectivity index (χ0n) is 12.5. The normalized spacial score (nSPS) is 10.6. The van der Waals surface area contributed by atoms with Gasteiger partial charge in [-0.2, -0.15) is 0 Å². The second-order valence-electron chi connectivity index (χ2n) is 5.10. The molecule has 0 saturated heterocycles. The number of hydrogen-bond donors (Lipinski definition) is 0. The Balaban J connectivity index is 1.92. The van der Waals surface area contributed by atoms with Gasteiger partial charge in [-0.25, -0.2) is 9.59 Å². The molecule has 1 heterocycles. The average molecular weight is 387 g/mol. The highest BCUT2D eigenvalue weighted by molar-refractivity contribution is 9.10. The van der Waals surface area contributed by atoms with Crippen molar-refractivity contribution in [2.24, 2.45) is 0 Å². The maximum absolute atomic E-state index is 12.1. The van der Waals surface area contributed by atoms with Crippen molar-refractivity contribution in [3.63, 3.8) is 0 Å². The number of fused-ring (bicyclic) bond motifs is 1. The van der Waals surface area contributed by atoms with Gasteiger partial charge in [0.2, 0.25) is 0 Å². The lowest BCUT2D eigenvalue weighted by Gasteiger charge is -2.06. The van der Waals surface area contributed by atoms with E-state index in [9.17, 15) is 14.4 Å². The standard InChI is InChI=1S/C18H11BrO5/c1-10(20)15-8-12-4-7-14(9-16(12)24-18(15)22)23-17(21)11-2-5-13(19)6-3-11/h2-9H,1H3. The SMILES string of the molecule is CC(=O)c1cc2ccc(OC(=O)c3ccc(Br)cc3)cc2oc1=O. The average Bonchev–Trinajstić information content (AvgIpc) is 2.54. The van der Waals surface area contributed by atoms with Crippen LogP contribution in [0.5, 0.6) is 5.75 Å². The second-order valence-corrected chi connectivity index (χ2v) is 6.02. The summed E-state index contributed by atoms with van der Waals surface area (Å²) in [6.07, 6.45) is 0. The first-order valence-corrected chi connectivity index (χ1v) is 7.80. The molecule has 0 N–H and O–H groups in total. The highest BCUT2D eigenvalue weighted by Crippen LogP contribution is 2.22. The summed E-state index contributed by atoms with van der Waals surface area (Å²) in [4.78, 5) is 35.2. The van der Waals surface area contributed by atoms with Crippen molar-refractivity contribution in [3.8, 4) is 5.75 Å². The van der Waals surface area contributed by atoms with Crippen LogP contribution in [-0.4, -0.2) is 11.8 Å². The number of esters is 1. The molecule has 2 aromatic carbocycles. The summed E-state index contributed by atoms with van der Waals surface area (Å²) < 4.78 is 11.3. The van der Waals surface area contributed by atoms with Crippen molar-refractivity contribution >= 4 is 38.7 Å². The van der Waals surface area contributed by atoms with Gasteiger partial charge in [0.05, 0.1) is 5.56 Å². The topological polar surface area (TPSA) is 73.6 Å². The maximum atomic E-state index is 12.1. The highest BCUT2D eigenvalue weighted by atomic mass is 79.9. The van der Waals surface area contributed by atoms with Crippen LogP contribution < -0.4 is 10.4 Å². The number of ether oxygens (including phenoxy) is 1. The van der Waals surface area contributed by atoms with Crippen molar-refractivity contribution in [1.29, 1.82) is 0 Å². The van der Waals surface area contributed by atoms with Gasteiger partial charge in [0.1, 0.15) is 16.9 Å². The highest BCUT2D eigenvalue weighted by Gasteiger charge is 2.12. The number of carbonyl (C=O) groups excluding carboxylic acids is 2. The number of Topliss-reactive ketones (excluding diaryl/α,β-unsaturated/α-hetero) is 1. The number of halogens is 1. The molecule has 0 bridgehead atoms. The smallest absolute Gasteiger partial charge is 0.347 e. The molecule has 0 unspecified atom stereocenters. The first-order valence-electron chi connectivity index (χ1n) is 7.00. The van der Waals surface area contributed by atoms with E-state index in [0.717, 1.165) is 4.47 Å². The zero-order chi connectivity index (χ0) is 17.3. The molecule has 0 radical (unpaired) electrons. The van der Waals surface area contributed by atoms with Crippen LogP contribution in [0, 0.1) is 0 Å². The summed E-state index contributed by atoms with van der Waals surface area (Å²) >= 11 is 3.29. The molecule has 0 aliphatic heterocycles. The summed E-state index contributed by atoms with van der Waals surface area (Å²) in [5, 5.41) is 0.572. The van der Waals surface area contributed by atoms with Gasteiger partial charge in [-0.3, -0.25) is 4.79 Å². The number of carbonyl (C=O) groups is 2. The summed E-state index contributed by atoms with van der Waals surface area (Å²) in [5.74, 6) is -0.643. The number of rotatable bonds is 3. The van der Waals surface area contributed by atoms with Gasteiger partial charge in [0.25, 0.3) is 0 Å². The lowest BCUT2D eigenvalue weighted by atomic mass is 10.1. The monoisotopic (exact) mass is 386 g/mol. The third kappa shape index (κ3) is 3.28. The van der Waals surface area contributed by atoms with E-state index in [1.807, 2.05) is 0 Å². The Labute approximate surface area is 145 Å². The minimum Gasteiger partial charge on any atom is -0.423 e. The molecule has 3 aromatic rings. The number of hydrogen-bond acceptors (Lipinski definition) is 5. The van der Waals surface area contributed by atoms with Crippen LogP contribution in [0.15, 0.2) is 62.2 Å². The Hall–Kier alpha value is -2.73. The predicted octanol–water partition coefficient (Wildman–Crippen LogP) is 3.98. The fourth-order valence-electron chi connectivity index (χ4n) is 2.15. The molecule has 0 saturated carbocycles. The third-order valence-corrected chi connectivity index (χ3v) is 3.91. The Morgan fingerprint density at radius 2 is 1.75 bits per heavy atom. The van der Waals surface area contributed by atoms with Gasteiger partial charge in [-0.15, -0.1) is 0 Å². The summed E-state index contributed by atoms with van der Waals surface area (Å²) in [5.41, 5.74) is -0.0914. The molecule has 5 nitrogen and oxygen atoms in total. The minimum atomic E-state index is -0.716. The van der Waals surface area contributed by atoms with Crippen molar-refractivity contribution in [3.05, 3.63) is 74.6 Å². The van der Waals surface area contributed by atoms with Crippen molar-refractivity contribution in [2.75, 3.05) is 0 Å². The molecule has 3 rings (SSSR count). The molecule has 0 fully saturated rings. The summed E-state index contributed by atoms with van der Waals surface area (Å²) in [7, 11) is 0. The third-order valence-electron chi connectivity index (χ3n) is 3.38. The fourth-order valence-corrected chi connectivity index (χ4v) is 2.42. The van der Waals surface area contributed by atoms with Crippen molar-refractivity contribution in [2.45, 2.75) is 6.92 Å². The van der Waals surface area contributed by atoms with Crippen LogP contribution in [0.4, 0.5) is 0 Å². The molecule has 0 aliphatic rings. The van der Waals surface area contributed by atoms with E-state index in [-0.39, 0.29) is 22.7 Å². The van der Waals surface area contributed by atoms with E-state index in [0.29, 0.717) is 10.9 Å². The largest absolute Gasteiger partial charge is 0.423 e. The van der Waals surface area contributed by atoms with E-state index in [1.165, 1.54) is 19.1 Å². The first-order chi connectivity index (χ1) is 11.4. The van der Waals surface area contributed by atoms with Crippen LogP contribution in [0.25, 0.3) is 11.0 Å². The molecule has 0 aliphatic carbocycles. The Kier molecular flexibility index (Phi) is 4.31. The molecule has 1 aromatic heterocycles. The van der Waals surface area contributed by atoms with Gasteiger partial charge in [0.15, 0.2) is 5.78 Å². The Morgan fingerprint density at radius 3 is 2.42 bits per heavy atom. The Bertz CT molecular complexity index is 1000. The van der Waals surface area contributed by atoms with E-state index in [4.69, 9.17) is 9.15 Å². The fraction of sp³-hybridized carbons (Fsp3) is 0.0556. The van der Waals surface area contributed by atoms with E-state index in [2.05, 4.69) is 15.9 Å². The van der Waals surface area contributed by atoms with Gasteiger partial charge >= 0.3 is 11.6 Å². The quantitative estimate of drug-likeness (QED) is 0.294. The molecular formula is C18H11BrO5. The van der Waals surface area contributed by atoms with Crippen LogP contribution in [0.1, 0.15) is 27.6 Å². The molecule has 0 amide bonds. The molecule has 0 spiro atoms. The van der Waals surface area contributed by atoms with Gasteiger partial charge < -0.3 is 9.15 Å². The minimum absolute atomic E-state index is 0.0119. The van der Waals surface area contributed by atoms with Crippen LogP contribution in [-0.2, 0) is 0 Å². The van der Waals surface area contributed by atoms with Gasteiger partial charge in [-0.1, -0.05) is 15.9 Å².